The van der Waals surface area contributed by atoms with E-state index in [1.807, 2.05) is 44.2 Å². The SMILES string of the molecule is CC(C)[C@H](N)C(=O)Nc1ccc(-c2ccn[nH]2)cc1. The molecule has 2 rings (SSSR count). The lowest BCUT2D eigenvalue weighted by Crippen LogP contribution is -2.39. The van der Waals surface area contributed by atoms with Crippen LogP contribution >= 0.6 is 0 Å². The van der Waals surface area contributed by atoms with E-state index in [4.69, 9.17) is 5.73 Å². The molecule has 1 amide bonds. The lowest BCUT2D eigenvalue weighted by Gasteiger charge is -2.15. The lowest BCUT2D eigenvalue weighted by atomic mass is 10.0. The number of amides is 1. The third kappa shape index (κ3) is 3.20. The van der Waals surface area contributed by atoms with Gasteiger partial charge in [-0.3, -0.25) is 9.89 Å². The molecule has 1 heterocycles. The second kappa shape index (κ2) is 5.67. The minimum Gasteiger partial charge on any atom is -0.325 e. The van der Waals surface area contributed by atoms with Crippen molar-refractivity contribution >= 4 is 11.6 Å². The lowest BCUT2D eigenvalue weighted by molar-refractivity contribution is -0.118. The third-order valence-electron chi connectivity index (χ3n) is 2.99. The van der Waals surface area contributed by atoms with Crippen molar-refractivity contribution in [2.24, 2.45) is 11.7 Å². The molecular weight excluding hydrogens is 240 g/mol. The second-order valence-electron chi connectivity index (χ2n) is 4.81. The van der Waals surface area contributed by atoms with Crippen molar-refractivity contribution in [3.63, 3.8) is 0 Å². The largest absolute Gasteiger partial charge is 0.325 e. The highest BCUT2D eigenvalue weighted by molar-refractivity contribution is 5.95. The second-order valence-corrected chi connectivity index (χ2v) is 4.81. The number of carbonyl (C=O) groups is 1. The fourth-order valence-electron chi connectivity index (χ4n) is 1.68. The van der Waals surface area contributed by atoms with Crippen molar-refractivity contribution in [2.75, 3.05) is 5.32 Å². The molecule has 5 nitrogen and oxygen atoms in total. The normalized spacial score (nSPS) is 12.4. The molecular formula is C14H18N4O. The average molecular weight is 258 g/mol. The van der Waals surface area contributed by atoms with Crippen LogP contribution in [0, 0.1) is 5.92 Å². The van der Waals surface area contributed by atoms with Crippen LogP contribution in [0.5, 0.6) is 0 Å². The Kier molecular flexibility index (Phi) is 3.97. The highest BCUT2D eigenvalue weighted by atomic mass is 16.2. The fraction of sp³-hybridized carbons (Fsp3) is 0.286. The zero-order valence-corrected chi connectivity index (χ0v) is 11.1. The van der Waals surface area contributed by atoms with Crippen molar-refractivity contribution in [2.45, 2.75) is 19.9 Å². The summed E-state index contributed by atoms with van der Waals surface area (Å²) in [6.07, 6.45) is 1.70. The molecule has 1 aromatic carbocycles. The Morgan fingerprint density at radius 3 is 2.47 bits per heavy atom. The Morgan fingerprint density at radius 1 is 1.26 bits per heavy atom. The summed E-state index contributed by atoms with van der Waals surface area (Å²) in [6, 6.07) is 8.94. The number of hydrogen-bond acceptors (Lipinski definition) is 3. The van der Waals surface area contributed by atoms with Crippen molar-refractivity contribution in [1.29, 1.82) is 0 Å². The first kappa shape index (κ1) is 13.3. The van der Waals surface area contributed by atoms with Gasteiger partial charge in [0.1, 0.15) is 0 Å². The monoisotopic (exact) mass is 258 g/mol. The number of carbonyl (C=O) groups excluding carboxylic acids is 1. The number of nitrogens with zero attached hydrogens (tertiary/aromatic N) is 1. The molecule has 1 aromatic heterocycles. The molecule has 0 fully saturated rings. The van der Waals surface area contributed by atoms with Gasteiger partial charge in [-0.2, -0.15) is 5.10 Å². The predicted octanol–water partition coefficient (Wildman–Crippen LogP) is 2.00. The minimum absolute atomic E-state index is 0.115. The van der Waals surface area contributed by atoms with Crippen LogP contribution in [0.1, 0.15) is 13.8 Å². The Balaban J connectivity index is 2.05. The van der Waals surface area contributed by atoms with E-state index < -0.39 is 6.04 Å². The van der Waals surface area contributed by atoms with Gasteiger partial charge in [0, 0.05) is 11.9 Å². The first-order chi connectivity index (χ1) is 9.08. The molecule has 0 radical (unpaired) electrons. The summed E-state index contributed by atoms with van der Waals surface area (Å²) in [6.45, 7) is 3.84. The maximum absolute atomic E-state index is 11.8. The summed E-state index contributed by atoms with van der Waals surface area (Å²) in [5.74, 6) is -0.0476. The zero-order valence-electron chi connectivity index (χ0n) is 11.1. The Hall–Kier alpha value is -2.14. The van der Waals surface area contributed by atoms with E-state index in [0.717, 1.165) is 16.9 Å². The van der Waals surface area contributed by atoms with Crippen LogP contribution in [0.2, 0.25) is 0 Å². The van der Waals surface area contributed by atoms with Gasteiger partial charge in [0.25, 0.3) is 0 Å². The van der Waals surface area contributed by atoms with E-state index in [2.05, 4.69) is 15.5 Å². The number of anilines is 1. The molecule has 0 spiro atoms. The van der Waals surface area contributed by atoms with Crippen LogP contribution in [0.4, 0.5) is 5.69 Å². The summed E-state index contributed by atoms with van der Waals surface area (Å²) < 4.78 is 0. The fourth-order valence-corrected chi connectivity index (χ4v) is 1.68. The number of nitrogens with one attached hydrogen (secondary N) is 2. The van der Waals surface area contributed by atoms with E-state index in [9.17, 15) is 4.79 Å². The molecule has 19 heavy (non-hydrogen) atoms. The topological polar surface area (TPSA) is 83.8 Å². The van der Waals surface area contributed by atoms with Gasteiger partial charge in [-0.25, -0.2) is 0 Å². The van der Waals surface area contributed by atoms with E-state index in [1.165, 1.54) is 0 Å². The molecule has 0 aliphatic carbocycles. The number of H-pyrrole nitrogens is 1. The van der Waals surface area contributed by atoms with Crippen molar-refractivity contribution < 1.29 is 4.79 Å². The minimum atomic E-state index is -0.493. The number of benzene rings is 1. The van der Waals surface area contributed by atoms with E-state index >= 15 is 0 Å². The number of aromatic nitrogens is 2. The molecule has 0 saturated heterocycles. The number of aromatic amines is 1. The van der Waals surface area contributed by atoms with Crippen molar-refractivity contribution in [1.82, 2.24) is 10.2 Å². The smallest absolute Gasteiger partial charge is 0.241 e. The third-order valence-corrected chi connectivity index (χ3v) is 2.99. The Morgan fingerprint density at radius 2 is 1.95 bits per heavy atom. The first-order valence-corrected chi connectivity index (χ1v) is 6.24. The van der Waals surface area contributed by atoms with Crippen LogP contribution in [-0.4, -0.2) is 22.1 Å². The molecule has 4 N–H and O–H groups in total. The van der Waals surface area contributed by atoms with Crippen LogP contribution in [0.15, 0.2) is 36.5 Å². The van der Waals surface area contributed by atoms with E-state index in [-0.39, 0.29) is 11.8 Å². The van der Waals surface area contributed by atoms with E-state index in [0.29, 0.717) is 0 Å². The number of hydrogen-bond donors (Lipinski definition) is 3. The highest BCUT2D eigenvalue weighted by Crippen LogP contribution is 2.19. The first-order valence-electron chi connectivity index (χ1n) is 6.24. The summed E-state index contributed by atoms with van der Waals surface area (Å²) in [5, 5.41) is 9.60. The maximum Gasteiger partial charge on any atom is 0.241 e. The van der Waals surface area contributed by atoms with Crippen LogP contribution < -0.4 is 11.1 Å². The van der Waals surface area contributed by atoms with Gasteiger partial charge < -0.3 is 11.1 Å². The van der Waals surface area contributed by atoms with Crippen molar-refractivity contribution in [3.05, 3.63) is 36.5 Å². The summed E-state index contributed by atoms with van der Waals surface area (Å²) in [7, 11) is 0. The quantitative estimate of drug-likeness (QED) is 0.784. The zero-order chi connectivity index (χ0) is 13.8. The molecule has 100 valence electrons. The Labute approximate surface area is 112 Å². The average Bonchev–Trinajstić information content (AvgIpc) is 2.92. The Bertz CT molecular complexity index is 531. The van der Waals surface area contributed by atoms with Gasteiger partial charge in [-0.05, 0) is 29.7 Å². The summed E-state index contributed by atoms with van der Waals surface area (Å²) >= 11 is 0. The highest BCUT2D eigenvalue weighted by Gasteiger charge is 2.16. The van der Waals surface area contributed by atoms with Gasteiger partial charge in [0.15, 0.2) is 0 Å². The molecule has 2 aromatic rings. The molecule has 0 bridgehead atoms. The summed E-state index contributed by atoms with van der Waals surface area (Å²) in [5.41, 5.74) is 8.49. The molecule has 0 aliphatic rings. The number of nitrogens with two attached hydrogens (primary N) is 1. The van der Waals surface area contributed by atoms with Gasteiger partial charge >= 0.3 is 0 Å². The molecule has 5 heteroatoms. The van der Waals surface area contributed by atoms with E-state index in [1.54, 1.807) is 6.20 Å². The van der Waals surface area contributed by atoms with Gasteiger partial charge in [0.05, 0.1) is 11.7 Å². The van der Waals surface area contributed by atoms with Gasteiger partial charge in [-0.15, -0.1) is 0 Å². The summed E-state index contributed by atoms with van der Waals surface area (Å²) in [4.78, 5) is 11.8. The molecule has 0 saturated carbocycles. The molecule has 0 aliphatic heterocycles. The standard InChI is InChI=1S/C14H18N4O/c1-9(2)13(15)14(19)17-11-5-3-10(4-6-11)12-7-8-16-18-12/h3-9,13H,15H2,1-2H3,(H,16,18)(H,17,19)/t13-/m0/s1. The van der Waals surface area contributed by atoms with Crippen LogP contribution in [-0.2, 0) is 4.79 Å². The van der Waals surface area contributed by atoms with Crippen LogP contribution in [0.25, 0.3) is 11.3 Å². The maximum atomic E-state index is 11.8. The predicted molar refractivity (Wildman–Crippen MR) is 75.5 cm³/mol. The van der Waals surface area contributed by atoms with Crippen molar-refractivity contribution in [3.8, 4) is 11.3 Å². The van der Waals surface area contributed by atoms with Gasteiger partial charge in [-0.1, -0.05) is 26.0 Å². The van der Waals surface area contributed by atoms with Gasteiger partial charge in [0.2, 0.25) is 5.91 Å². The molecule has 0 unspecified atom stereocenters. The van der Waals surface area contributed by atoms with Crippen LogP contribution in [0.3, 0.4) is 0 Å². The molecule has 1 atom stereocenters. The number of rotatable bonds is 4.